The molecule has 92 valence electrons. The summed E-state index contributed by atoms with van der Waals surface area (Å²) in [5.74, 6) is 1.26. The Hall–Kier alpha value is -1.46. The van der Waals surface area contributed by atoms with Gasteiger partial charge in [-0.25, -0.2) is 0 Å². The Morgan fingerprint density at radius 1 is 1.12 bits per heavy atom. The first-order valence-electron chi connectivity index (χ1n) is 5.78. The van der Waals surface area contributed by atoms with E-state index in [0.717, 1.165) is 11.1 Å². The van der Waals surface area contributed by atoms with Gasteiger partial charge >= 0.3 is 0 Å². The number of phenols is 1. The molecule has 3 rings (SSSR count). The molecule has 0 amide bonds. The highest BCUT2D eigenvalue weighted by Gasteiger charge is 2.33. The predicted molar refractivity (Wildman–Crippen MR) is 60.5 cm³/mol. The van der Waals surface area contributed by atoms with Crippen LogP contribution in [-0.4, -0.2) is 30.0 Å². The van der Waals surface area contributed by atoms with Crippen LogP contribution in [0.1, 0.15) is 22.8 Å². The molecule has 0 aromatic heterocycles. The second-order valence-corrected chi connectivity index (χ2v) is 4.33. The number of phenolic OH excluding ortho intramolecular Hbond substituents is 1. The van der Waals surface area contributed by atoms with Gasteiger partial charge in [-0.1, -0.05) is 0 Å². The maximum Gasteiger partial charge on any atom is 0.165 e. The van der Waals surface area contributed by atoms with E-state index in [2.05, 4.69) is 0 Å². The highest BCUT2D eigenvalue weighted by atomic mass is 16.5. The number of aliphatic hydroxyl groups is 1. The second kappa shape index (κ2) is 3.78. The number of ether oxygens (including phenoxy) is 2. The van der Waals surface area contributed by atoms with Crippen LogP contribution in [0.25, 0.3) is 0 Å². The number of aromatic hydroxyl groups is 1. The molecule has 0 fully saturated rings. The molecule has 0 bridgehead atoms. The topological polar surface area (TPSA) is 84.9 Å². The first-order valence-corrected chi connectivity index (χ1v) is 5.78. The number of hydrogen-bond donors (Lipinski definition) is 3. The van der Waals surface area contributed by atoms with Crippen LogP contribution in [-0.2, 0) is 12.8 Å². The van der Waals surface area contributed by atoms with E-state index < -0.39 is 6.10 Å². The van der Waals surface area contributed by atoms with Crippen molar-refractivity contribution in [3.05, 3.63) is 16.7 Å². The van der Waals surface area contributed by atoms with Gasteiger partial charge in [0.15, 0.2) is 11.5 Å². The lowest BCUT2D eigenvalue weighted by Gasteiger charge is -2.17. The molecular weight excluding hydrogens is 222 g/mol. The van der Waals surface area contributed by atoms with E-state index >= 15 is 0 Å². The van der Waals surface area contributed by atoms with E-state index in [1.165, 1.54) is 0 Å². The Morgan fingerprint density at radius 2 is 1.76 bits per heavy atom. The van der Waals surface area contributed by atoms with E-state index in [9.17, 15) is 10.2 Å². The molecule has 0 saturated heterocycles. The van der Waals surface area contributed by atoms with Crippen molar-refractivity contribution in [2.45, 2.75) is 18.9 Å². The molecule has 1 aromatic carbocycles. The molecule has 0 radical (unpaired) electrons. The first kappa shape index (κ1) is 10.7. The number of nitrogens with two attached hydrogens (primary N) is 1. The van der Waals surface area contributed by atoms with Gasteiger partial charge in [0.2, 0.25) is 0 Å². The zero-order valence-electron chi connectivity index (χ0n) is 9.40. The van der Waals surface area contributed by atoms with Crippen LogP contribution in [0.5, 0.6) is 17.2 Å². The lowest BCUT2D eigenvalue weighted by molar-refractivity contribution is 0.180. The van der Waals surface area contributed by atoms with Crippen LogP contribution in [0.2, 0.25) is 0 Å². The monoisotopic (exact) mass is 237 g/mol. The van der Waals surface area contributed by atoms with Crippen molar-refractivity contribution >= 4 is 0 Å². The minimum atomic E-state index is -0.766. The van der Waals surface area contributed by atoms with Crippen molar-refractivity contribution < 1.29 is 19.7 Å². The SMILES string of the molecule is NCC(O)c1c2c(c(O)c3c1OCC3)OCC2. The largest absolute Gasteiger partial charge is 0.504 e. The van der Waals surface area contributed by atoms with Gasteiger partial charge in [0.1, 0.15) is 5.75 Å². The molecule has 0 spiro atoms. The predicted octanol–water partition coefficient (Wildman–Crippen LogP) is 0.254. The van der Waals surface area contributed by atoms with Gasteiger partial charge in [-0.2, -0.15) is 0 Å². The molecule has 1 aromatic rings. The Kier molecular flexibility index (Phi) is 2.38. The molecule has 0 aliphatic carbocycles. The summed E-state index contributed by atoms with van der Waals surface area (Å²) in [6, 6.07) is 0. The fourth-order valence-corrected chi connectivity index (χ4v) is 2.59. The van der Waals surface area contributed by atoms with Crippen molar-refractivity contribution in [1.82, 2.24) is 0 Å². The Morgan fingerprint density at radius 3 is 2.47 bits per heavy atom. The first-order chi connectivity index (χ1) is 8.24. The summed E-state index contributed by atoms with van der Waals surface area (Å²) in [6.07, 6.45) is 0.548. The van der Waals surface area contributed by atoms with Crippen LogP contribution in [0.4, 0.5) is 0 Å². The van der Waals surface area contributed by atoms with Crippen molar-refractivity contribution in [3.8, 4) is 17.2 Å². The average Bonchev–Trinajstić information content (AvgIpc) is 2.96. The molecule has 5 heteroatoms. The van der Waals surface area contributed by atoms with E-state index in [4.69, 9.17) is 15.2 Å². The molecule has 2 heterocycles. The van der Waals surface area contributed by atoms with E-state index in [0.29, 0.717) is 43.1 Å². The normalized spacial score (nSPS) is 18.2. The number of benzene rings is 1. The number of fused-ring (bicyclic) bond motifs is 2. The van der Waals surface area contributed by atoms with Gasteiger partial charge in [-0.15, -0.1) is 0 Å². The van der Waals surface area contributed by atoms with E-state index in [1.807, 2.05) is 0 Å². The standard InChI is InChI=1S/C12H15NO4/c13-5-8(14)9-6-1-3-17-12(6)10(15)7-2-4-16-11(7)9/h8,14-15H,1-5,13H2. The Bertz CT molecular complexity index is 437. The summed E-state index contributed by atoms with van der Waals surface area (Å²) >= 11 is 0. The van der Waals surface area contributed by atoms with Gasteiger partial charge in [-0.05, 0) is 0 Å². The van der Waals surface area contributed by atoms with Crippen LogP contribution in [0.15, 0.2) is 0 Å². The maximum atomic E-state index is 10.1. The molecule has 2 aliphatic heterocycles. The quantitative estimate of drug-likeness (QED) is 0.686. The van der Waals surface area contributed by atoms with E-state index in [-0.39, 0.29) is 12.3 Å². The third kappa shape index (κ3) is 1.39. The zero-order chi connectivity index (χ0) is 12.0. The highest BCUT2D eigenvalue weighted by molar-refractivity contribution is 5.65. The maximum absolute atomic E-state index is 10.1. The van der Waals surface area contributed by atoms with Crippen molar-refractivity contribution in [2.24, 2.45) is 5.73 Å². The summed E-state index contributed by atoms with van der Waals surface area (Å²) < 4.78 is 11.0. The van der Waals surface area contributed by atoms with Crippen LogP contribution >= 0.6 is 0 Å². The molecule has 17 heavy (non-hydrogen) atoms. The van der Waals surface area contributed by atoms with Gasteiger partial charge in [0.25, 0.3) is 0 Å². The molecular formula is C12H15NO4. The molecule has 5 nitrogen and oxygen atoms in total. The molecule has 4 N–H and O–H groups in total. The lowest BCUT2D eigenvalue weighted by atomic mass is 9.95. The Labute approximate surface area is 98.8 Å². The van der Waals surface area contributed by atoms with Crippen molar-refractivity contribution in [3.63, 3.8) is 0 Å². The molecule has 0 saturated carbocycles. The van der Waals surface area contributed by atoms with Crippen LogP contribution in [0.3, 0.4) is 0 Å². The molecule has 1 unspecified atom stereocenters. The van der Waals surface area contributed by atoms with Gasteiger partial charge in [-0.3, -0.25) is 0 Å². The lowest BCUT2D eigenvalue weighted by Crippen LogP contribution is -2.14. The molecule has 1 atom stereocenters. The number of hydrogen-bond acceptors (Lipinski definition) is 5. The van der Waals surface area contributed by atoms with Crippen molar-refractivity contribution in [1.29, 1.82) is 0 Å². The minimum absolute atomic E-state index is 0.132. The van der Waals surface area contributed by atoms with Gasteiger partial charge in [0, 0.05) is 36.1 Å². The fourth-order valence-electron chi connectivity index (χ4n) is 2.59. The average molecular weight is 237 g/mol. The number of aliphatic hydroxyl groups excluding tert-OH is 1. The fraction of sp³-hybridized carbons (Fsp3) is 0.500. The van der Waals surface area contributed by atoms with Gasteiger partial charge in [0.05, 0.1) is 19.3 Å². The highest BCUT2D eigenvalue weighted by Crippen LogP contribution is 2.50. The van der Waals surface area contributed by atoms with Crippen molar-refractivity contribution in [2.75, 3.05) is 19.8 Å². The summed E-state index contributed by atoms with van der Waals surface area (Å²) in [7, 11) is 0. The minimum Gasteiger partial charge on any atom is -0.504 e. The summed E-state index contributed by atoms with van der Waals surface area (Å²) in [5, 5.41) is 20.1. The smallest absolute Gasteiger partial charge is 0.165 e. The van der Waals surface area contributed by atoms with Crippen LogP contribution < -0.4 is 15.2 Å². The summed E-state index contributed by atoms with van der Waals surface area (Å²) in [6.45, 7) is 1.18. The molecule has 2 aliphatic rings. The third-order valence-corrected chi connectivity index (χ3v) is 3.37. The third-order valence-electron chi connectivity index (χ3n) is 3.37. The van der Waals surface area contributed by atoms with Crippen LogP contribution in [0, 0.1) is 0 Å². The summed E-state index contributed by atoms with van der Waals surface area (Å²) in [4.78, 5) is 0. The summed E-state index contributed by atoms with van der Waals surface area (Å²) in [5.41, 5.74) is 7.78. The number of rotatable bonds is 2. The second-order valence-electron chi connectivity index (χ2n) is 4.33. The van der Waals surface area contributed by atoms with Gasteiger partial charge < -0.3 is 25.4 Å². The van der Waals surface area contributed by atoms with E-state index in [1.54, 1.807) is 0 Å². The zero-order valence-corrected chi connectivity index (χ0v) is 9.40. The Balaban J connectivity index is 2.26.